The molecule has 0 nitrogen and oxygen atoms in total. The monoisotopic (exact) mass is 208 g/mol. The summed E-state index contributed by atoms with van der Waals surface area (Å²) in [6, 6.07) is 10.4. The highest BCUT2D eigenvalue weighted by Gasteiger charge is 2.23. The molecule has 0 heterocycles. The molecule has 0 N–H and O–H groups in total. The summed E-state index contributed by atoms with van der Waals surface area (Å²) in [6.07, 6.45) is 14.1. The summed E-state index contributed by atoms with van der Waals surface area (Å²) in [5.41, 5.74) is 2.48. The zero-order chi connectivity index (χ0) is 11.4. The predicted octanol–water partition coefficient (Wildman–Crippen LogP) is 4.06. The van der Waals surface area contributed by atoms with Gasteiger partial charge in [-0.15, -0.1) is 6.42 Å². The molecular formula is C16H16. The van der Waals surface area contributed by atoms with Crippen LogP contribution in [0.5, 0.6) is 0 Å². The predicted molar refractivity (Wildman–Crippen MR) is 69.7 cm³/mol. The largest absolute Gasteiger partial charge is 0.119 e. The molecule has 1 atom stereocenters. The van der Waals surface area contributed by atoms with E-state index >= 15 is 0 Å². The SMILES string of the molecule is C#CC1(CC)C=CC(c2ccccc2)=CC1. The van der Waals surface area contributed by atoms with Gasteiger partial charge in [0.05, 0.1) is 5.41 Å². The Bertz CT molecular complexity index is 457. The van der Waals surface area contributed by atoms with Gasteiger partial charge in [-0.2, -0.15) is 0 Å². The van der Waals surface area contributed by atoms with Crippen LogP contribution in [0.4, 0.5) is 0 Å². The third-order valence-electron chi connectivity index (χ3n) is 3.29. The average Bonchev–Trinajstić information content (AvgIpc) is 2.40. The van der Waals surface area contributed by atoms with E-state index in [1.54, 1.807) is 0 Å². The molecule has 1 unspecified atom stereocenters. The Hall–Kier alpha value is -1.74. The number of hydrogen-bond acceptors (Lipinski definition) is 0. The second-order valence-corrected chi connectivity index (χ2v) is 4.22. The van der Waals surface area contributed by atoms with Crippen molar-refractivity contribution in [1.29, 1.82) is 0 Å². The van der Waals surface area contributed by atoms with Crippen LogP contribution in [0, 0.1) is 17.8 Å². The van der Waals surface area contributed by atoms with Crippen LogP contribution in [0.2, 0.25) is 0 Å². The zero-order valence-corrected chi connectivity index (χ0v) is 9.61. The van der Waals surface area contributed by atoms with Gasteiger partial charge in [0.15, 0.2) is 0 Å². The Labute approximate surface area is 97.7 Å². The van der Waals surface area contributed by atoms with Gasteiger partial charge in [0.2, 0.25) is 0 Å². The van der Waals surface area contributed by atoms with Gasteiger partial charge in [0.25, 0.3) is 0 Å². The van der Waals surface area contributed by atoms with E-state index in [9.17, 15) is 0 Å². The number of hydrogen-bond donors (Lipinski definition) is 0. The number of terminal acetylenes is 1. The van der Waals surface area contributed by atoms with Gasteiger partial charge in [-0.25, -0.2) is 0 Å². The summed E-state index contributed by atoms with van der Waals surface area (Å²) in [5.74, 6) is 2.91. The minimum Gasteiger partial charge on any atom is -0.119 e. The second kappa shape index (κ2) is 4.41. The lowest BCUT2D eigenvalue weighted by Crippen LogP contribution is -2.15. The first-order valence-corrected chi connectivity index (χ1v) is 5.72. The lowest BCUT2D eigenvalue weighted by molar-refractivity contribution is 0.500. The molecule has 0 aromatic heterocycles. The van der Waals surface area contributed by atoms with Crippen molar-refractivity contribution in [3.05, 3.63) is 54.1 Å². The van der Waals surface area contributed by atoms with Crippen molar-refractivity contribution in [2.24, 2.45) is 5.41 Å². The van der Waals surface area contributed by atoms with Crippen LogP contribution in [0.1, 0.15) is 25.3 Å². The van der Waals surface area contributed by atoms with Crippen LogP contribution in [-0.2, 0) is 0 Å². The van der Waals surface area contributed by atoms with Crippen molar-refractivity contribution < 1.29 is 0 Å². The fourth-order valence-electron chi connectivity index (χ4n) is 1.99. The molecule has 80 valence electrons. The highest BCUT2D eigenvalue weighted by Crippen LogP contribution is 2.34. The minimum atomic E-state index is -0.0573. The van der Waals surface area contributed by atoms with Crippen LogP contribution in [0.25, 0.3) is 5.57 Å². The number of allylic oxidation sites excluding steroid dienone is 4. The number of rotatable bonds is 2. The Balaban J connectivity index is 2.24. The van der Waals surface area contributed by atoms with Crippen molar-refractivity contribution in [3.63, 3.8) is 0 Å². The molecule has 1 aromatic carbocycles. The lowest BCUT2D eigenvalue weighted by atomic mass is 9.78. The van der Waals surface area contributed by atoms with Gasteiger partial charge >= 0.3 is 0 Å². The summed E-state index contributed by atoms with van der Waals surface area (Å²) in [6.45, 7) is 2.14. The van der Waals surface area contributed by atoms with Crippen LogP contribution >= 0.6 is 0 Å². The highest BCUT2D eigenvalue weighted by molar-refractivity contribution is 5.75. The van der Waals surface area contributed by atoms with E-state index < -0.39 is 0 Å². The summed E-state index contributed by atoms with van der Waals surface area (Å²) >= 11 is 0. The Morgan fingerprint density at radius 3 is 2.56 bits per heavy atom. The van der Waals surface area contributed by atoms with Crippen molar-refractivity contribution in [1.82, 2.24) is 0 Å². The van der Waals surface area contributed by atoms with E-state index in [1.807, 2.05) is 6.07 Å². The Morgan fingerprint density at radius 2 is 2.06 bits per heavy atom. The maximum atomic E-state index is 5.60. The molecule has 1 aliphatic carbocycles. The molecule has 0 heteroatoms. The molecule has 0 saturated heterocycles. The van der Waals surface area contributed by atoms with E-state index in [1.165, 1.54) is 11.1 Å². The summed E-state index contributed by atoms with van der Waals surface area (Å²) in [7, 11) is 0. The maximum Gasteiger partial charge on any atom is 0.0526 e. The molecule has 0 spiro atoms. The Morgan fingerprint density at radius 1 is 1.31 bits per heavy atom. The van der Waals surface area contributed by atoms with Gasteiger partial charge in [-0.3, -0.25) is 0 Å². The first-order valence-electron chi connectivity index (χ1n) is 5.72. The average molecular weight is 208 g/mol. The van der Waals surface area contributed by atoms with Crippen LogP contribution < -0.4 is 0 Å². The van der Waals surface area contributed by atoms with Crippen molar-refractivity contribution in [3.8, 4) is 12.3 Å². The molecule has 2 rings (SSSR count). The third kappa shape index (κ3) is 1.95. The Kier molecular flexibility index (Phi) is 2.97. The number of benzene rings is 1. The van der Waals surface area contributed by atoms with Crippen molar-refractivity contribution in [2.45, 2.75) is 19.8 Å². The molecule has 16 heavy (non-hydrogen) atoms. The molecule has 0 saturated carbocycles. The van der Waals surface area contributed by atoms with Crippen LogP contribution in [0.3, 0.4) is 0 Å². The fourth-order valence-corrected chi connectivity index (χ4v) is 1.99. The molecule has 1 aliphatic rings. The van der Waals surface area contributed by atoms with Crippen LogP contribution in [-0.4, -0.2) is 0 Å². The van der Waals surface area contributed by atoms with Crippen molar-refractivity contribution >= 4 is 5.57 Å². The lowest BCUT2D eigenvalue weighted by Gasteiger charge is -2.25. The molecule has 0 amide bonds. The summed E-state index contributed by atoms with van der Waals surface area (Å²) in [5, 5.41) is 0. The van der Waals surface area contributed by atoms with Gasteiger partial charge in [-0.05, 0) is 24.0 Å². The summed E-state index contributed by atoms with van der Waals surface area (Å²) in [4.78, 5) is 0. The van der Waals surface area contributed by atoms with Crippen LogP contribution in [0.15, 0.2) is 48.6 Å². The maximum absolute atomic E-state index is 5.60. The molecule has 0 bridgehead atoms. The third-order valence-corrected chi connectivity index (χ3v) is 3.29. The standard InChI is InChI=1S/C16H16/c1-3-16(4-2)12-10-15(11-13-16)14-8-6-5-7-9-14/h1,5-12H,4,13H2,2H3. The summed E-state index contributed by atoms with van der Waals surface area (Å²) < 4.78 is 0. The normalized spacial score (nSPS) is 23.6. The van der Waals surface area contributed by atoms with E-state index in [2.05, 4.69) is 55.3 Å². The van der Waals surface area contributed by atoms with Gasteiger partial charge in [0, 0.05) is 0 Å². The van der Waals surface area contributed by atoms with Gasteiger partial charge < -0.3 is 0 Å². The van der Waals surface area contributed by atoms with Gasteiger partial charge in [0.1, 0.15) is 0 Å². The van der Waals surface area contributed by atoms with Gasteiger partial charge in [-0.1, -0.05) is 61.4 Å². The topological polar surface area (TPSA) is 0 Å². The second-order valence-electron chi connectivity index (χ2n) is 4.22. The van der Waals surface area contributed by atoms with E-state index in [0.29, 0.717) is 0 Å². The quantitative estimate of drug-likeness (QED) is 0.643. The molecule has 0 aliphatic heterocycles. The smallest absolute Gasteiger partial charge is 0.0526 e. The molecule has 0 fully saturated rings. The fraction of sp³-hybridized carbons (Fsp3) is 0.250. The molecule has 0 radical (unpaired) electrons. The van der Waals surface area contributed by atoms with E-state index in [4.69, 9.17) is 6.42 Å². The van der Waals surface area contributed by atoms with E-state index in [-0.39, 0.29) is 5.41 Å². The van der Waals surface area contributed by atoms with E-state index in [0.717, 1.165) is 12.8 Å². The molecule has 1 aromatic rings. The minimum absolute atomic E-state index is 0.0573. The first kappa shape index (κ1) is 10.8. The zero-order valence-electron chi connectivity index (χ0n) is 9.61. The first-order chi connectivity index (χ1) is 7.79. The molecular weight excluding hydrogens is 192 g/mol. The highest BCUT2D eigenvalue weighted by atomic mass is 14.3. The van der Waals surface area contributed by atoms with Crippen molar-refractivity contribution in [2.75, 3.05) is 0 Å².